The lowest BCUT2D eigenvalue weighted by molar-refractivity contribution is -0.137. The zero-order valence-corrected chi connectivity index (χ0v) is 17.8. The molecule has 2 N–H and O–H groups in total. The Hall–Kier alpha value is -3.48. The highest BCUT2D eigenvalue weighted by Crippen LogP contribution is 2.36. The first-order chi connectivity index (χ1) is 15.4. The Labute approximate surface area is 187 Å². The second kappa shape index (κ2) is 9.17. The van der Waals surface area contributed by atoms with Gasteiger partial charge >= 0.3 is 12.1 Å². The highest BCUT2D eigenvalue weighted by Gasteiger charge is 2.33. The number of amides is 1. The predicted molar refractivity (Wildman–Crippen MR) is 107 cm³/mol. The first-order valence-electron chi connectivity index (χ1n) is 9.22. The number of hydrogen-bond acceptors (Lipinski definition) is 5. The van der Waals surface area contributed by atoms with Crippen LogP contribution in [-0.2, 0) is 13.2 Å². The van der Waals surface area contributed by atoms with Gasteiger partial charge in [-0.05, 0) is 37.3 Å². The van der Waals surface area contributed by atoms with Crippen molar-refractivity contribution < 1.29 is 41.4 Å². The number of carbonyl (C=O) groups is 2. The molecule has 0 spiro atoms. The molecule has 1 amide bonds. The summed E-state index contributed by atoms with van der Waals surface area (Å²) in [6.45, 7) is 1.51. The van der Waals surface area contributed by atoms with Crippen molar-refractivity contribution in [2.75, 3.05) is 0 Å². The third kappa shape index (κ3) is 5.30. The van der Waals surface area contributed by atoms with Crippen molar-refractivity contribution in [1.29, 1.82) is 0 Å². The Kier molecular flexibility index (Phi) is 6.72. The zero-order chi connectivity index (χ0) is 24.5. The number of carboxylic acids is 1. The van der Waals surface area contributed by atoms with Gasteiger partial charge in [0.25, 0.3) is 12.3 Å². The van der Waals surface area contributed by atoms with E-state index in [0.717, 1.165) is 28.2 Å². The van der Waals surface area contributed by atoms with E-state index < -0.39 is 53.2 Å². The second-order valence-corrected chi connectivity index (χ2v) is 7.94. The number of carboxylic acid groups (broad SMARTS) is 1. The number of halogens is 5. The van der Waals surface area contributed by atoms with Gasteiger partial charge in [0, 0.05) is 11.9 Å². The van der Waals surface area contributed by atoms with Crippen LogP contribution in [0.25, 0.3) is 0 Å². The van der Waals surface area contributed by atoms with Crippen LogP contribution in [0.2, 0.25) is 0 Å². The molecule has 0 saturated carbocycles. The Balaban J connectivity index is 1.94. The van der Waals surface area contributed by atoms with Gasteiger partial charge < -0.3 is 15.2 Å². The quantitative estimate of drug-likeness (QED) is 0.433. The van der Waals surface area contributed by atoms with E-state index in [1.165, 1.54) is 32.2 Å². The average molecular weight is 489 g/mol. The lowest BCUT2D eigenvalue weighted by atomic mass is 10.2. The van der Waals surface area contributed by atoms with Crippen molar-refractivity contribution in [3.8, 4) is 11.6 Å². The Morgan fingerprint density at radius 3 is 2.48 bits per heavy atom. The van der Waals surface area contributed by atoms with Crippen LogP contribution in [0.1, 0.15) is 55.6 Å². The lowest BCUT2D eigenvalue weighted by Crippen LogP contribution is -2.27. The van der Waals surface area contributed by atoms with Crippen LogP contribution in [0.3, 0.4) is 0 Å². The SMILES string of the molecule is CC(NC(=O)c1c(C(F)F)nn(C)c1Oc1cccc(C(F)(F)F)c1)c1ccc(C(=O)O)s1. The summed E-state index contributed by atoms with van der Waals surface area (Å²) in [5.41, 5.74) is -2.59. The van der Waals surface area contributed by atoms with E-state index in [0.29, 0.717) is 10.9 Å². The summed E-state index contributed by atoms with van der Waals surface area (Å²) in [7, 11) is 1.20. The molecule has 33 heavy (non-hydrogen) atoms. The number of thiophene rings is 1. The van der Waals surface area contributed by atoms with Crippen LogP contribution < -0.4 is 10.1 Å². The zero-order valence-electron chi connectivity index (χ0n) is 17.0. The maximum atomic E-state index is 13.6. The molecule has 2 heterocycles. The second-order valence-electron chi connectivity index (χ2n) is 6.82. The summed E-state index contributed by atoms with van der Waals surface area (Å²) in [6.07, 6.45) is -7.84. The molecule has 0 fully saturated rings. The monoisotopic (exact) mass is 489 g/mol. The molecule has 3 rings (SSSR count). The molecule has 2 aromatic heterocycles. The molecule has 13 heteroatoms. The third-order valence-corrected chi connectivity index (χ3v) is 5.70. The minimum atomic E-state index is -4.66. The molecule has 1 atom stereocenters. The maximum absolute atomic E-state index is 13.6. The van der Waals surface area contributed by atoms with Gasteiger partial charge in [-0.15, -0.1) is 11.3 Å². The molecular weight excluding hydrogens is 473 g/mol. The summed E-state index contributed by atoms with van der Waals surface area (Å²) >= 11 is 0.892. The maximum Gasteiger partial charge on any atom is 0.416 e. The van der Waals surface area contributed by atoms with E-state index in [1.807, 2.05) is 0 Å². The molecule has 0 saturated heterocycles. The Bertz CT molecular complexity index is 1190. The van der Waals surface area contributed by atoms with Gasteiger partial charge in [0.1, 0.15) is 21.9 Å². The largest absolute Gasteiger partial charge is 0.477 e. The molecule has 7 nitrogen and oxygen atoms in total. The fraction of sp³-hybridized carbons (Fsp3) is 0.250. The van der Waals surface area contributed by atoms with Crippen molar-refractivity contribution in [3.63, 3.8) is 0 Å². The lowest BCUT2D eigenvalue weighted by Gasteiger charge is -2.14. The number of ether oxygens (including phenoxy) is 1. The van der Waals surface area contributed by atoms with Gasteiger partial charge in [-0.3, -0.25) is 4.79 Å². The van der Waals surface area contributed by atoms with Crippen molar-refractivity contribution >= 4 is 23.2 Å². The van der Waals surface area contributed by atoms with Crippen molar-refractivity contribution in [3.05, 3.63) is 63.0 Å². The van der Waals surface area contributed by atoms with Gasteiger partial charge in [-0.2, -0.15) is 18.3 Å². The molecule has 0 radical (unpaired) electrons. The summed E-state index contributed by atoms with van der Waals surface area (Å²) in [6, 6.07) is 5.76. The summed E-state index contributed by atoms with van der Waals surface area (Å²) in [5.74, 6) is -2.99. The summed E-state index contributed by atoms with van der Waals surface area (Å²) in [4.78, 5) is 24.4. The van der Waals surface area contributed by atoms with Crippen LogP contribution in [0, 0.1) is 0 Å². The number of hydrogen-bond donors (Lipinski definition) is 2. The number of nitrogens with one attached hydrogen (secondary N) is 1. The fourth-order valence-electron chi connectivity index (χ4n) is 2.90. The van der Waals surface area contributed by atoms with E-state index >= 15 is 0 Å². The van der Waals surface area contributed by atoms with E-state index in [1.54, 1.807) is 0 Å². The van der Waals surface area contributed by atoms with Crippen LogP contribution in [0.5, 0.6) is 11.6 Å². The number of alkyl halides is 5. The summed E-state index contributed by atoms with van der Waals surface area (Å²) in [5, 5.41) is 15.1. The van der Waals surface area contributed by atoms with Crippen LogP contribution in [0.15, 0.2) is 36.4 Å². The van der Waals surface area contributed by atoms with Gasteiger partial charge in [0.05, 0.1) is 11.6 Å². The van der Waals surface area contributed by atoms with Gasteiger partial charge in [0.15, 0.2) is 0 Å². The standard InChI is InChI=1S/C20H16F5N3O4S/c1-9(12-6-7-13(33-12)19(30)31)26-17(29)14-15(16(21)22)27-28(2)18(14)32-11-5-3-4-10(8-11)20(23,24)25/h3-9,16H,1-2H3,(H,26,29)(H,30,31). The highest BCUT2D eigenvalue weighted by atomic mass is 32.1. The molecule has 0 aliphatic carbocycles. The molecule has 1 unspecified atom stereocenters. The average Bonchev–Trinajstić information content (AvgIpc) is 3.33. The fourth-order valence-corrected chi connectivity index (χ4v) is 3.75. The first kappa shape index (κ1) is 24.2. The number of carbonyl (C=O) groups excluding carboxylic acids is 1. The number of nitrogens with zero attached hydrogens (tertiary/aromatic N) is 2. The first-order valence-corrected chi connectivity index (χ1v) is 10.0. The number of aromatic carboxylic acids is 1. The molecule has 1 aromatic carbocycles. The smallest absolute Gasteiger partial charge is 0.416 e. The van der Waals surface area contributed by atoms with Gasteiger partial charge in [-0.25, -0.2) is 18.3 Å². The number of aromatic nitrogens is 2. The molecular formula is C20H16F5N3O4S. The van der Waals surface area contributed by atoms with E-state index in [4.69, 9.17) is 9.84 Å². The topological polar surface area (TPSA) is 93.5 Å². The minimum Gasteiger partial charge on any atom is -0.477 e. The minimum absolute atomic E-state index is 0.0225. The molecule has 3 aromatic rings. The Morgan fingerprint density at radius 2 is 1.91 bits per heavy atom. The number of aryl methyl sites for hydroxylation is 1. The molecule has 0 aliphatic rings. The van der Waals surface area contributed by atoms with Crippen LogP contribution >= 0.6 is 11.3 Å². The van der Waals surface area contributed by atoms with Crippen LogP contribution in [0.4, 0.5) is 22.0 Å². The van der Waals surface area contributed by atoms with Crippen molar-refractivity contribution in [1.82, 2.24) is 15.1 Å². The normalized spacial score (nSPS) is 12.6. The molecule has 0 aliphatic heterocycles. The third-order valence-electron chi connectivity index (χ3n) is 4.44. The van der Waals surface area contributed by atoms with Gasteiger partial charge in [0.2, 0.25) is 5.88 Å². The number of benzene rings is 1. The van der Waals surface area contributed by atoms with Crippen molar-refractivity contribution in [2.45, 2.75) is 25.6 Å². The van der Waals surface area contributed by atoms with Crippen molar-refractivity contribution in [2.24, 2.45) is 7.05 Å². The van der Waals surface area contributed by atoms with E-state index in [2.05, 4.69) is 10.4 Å². The predicted octanol–water partition coefficient (Wildman–Crippen LogP) is 5.42. The molecule has 176 valence electrons. The Morgan fingerprint density at radius 1 is 1.21 bits per heavy atom. The number of rotatable bonds is 7. The van der Waals surface area contributed by atoms with Gasteiger partial charge in [-0.1, -0.05) is 6.07 Å². The molecule has 0 bridgehead atoms. The van der Waals surface area contributed by atoms with Crippen LogP contribution in [-0.4, -0.2) is 26.8 Å². The highest BCUT2D eigenvalue weighted by molar-refractivity contribution is 7.14. The summed E-state index contributed by atoms with van der Waals surface area (Å²) < 4.78 is 72.3. The van der Waals surface area contributed by atoms with E-state index in [9.17, 15) is 31.5 Å². The van der Waals surface area contributed by atoms with E-state index in [-0.39, 0.29) is 10.6 Å².